The lowest BCUT2D eigenvalue weighted by Crippen LogP contribution is -2.48. The van der Waals surface area contributed by atoms with E-state index in [0.717, 1.165) is 24.5 Å². The summed E-state index contributed by atoms with van der Waals surface area (Å²) in [5.74, 6) is 1.17. The second-order valence-corrected chi connectivity index (χ2v) is 6.83. The average Bonchev–Trinajstić information content (AvgIpc) is 2.78. The molecule has 1 aliphatic rings. The van der Waals surface area contributed by atoms with Gasteiger partial charge in [0.05, 0.1) is 14.2 Å². The van der Waals surface area contributed by atoms with Crippen LogP contribution < -0.4 is 19.7 Å². The molecule has 0 aliphatic carbocycles. The van der Waals surface area contributed by atoms with Crippen LogP contribution in [0.3, 0.4) is 0 Å². The minimum atomic E-state index is -0.0283. The van der Waals surface area contributed by atoms with Crippen LogP contribution in [0, 0.1) is 0 Å². The zero-order valence-electron chi connectivity index (χ0n) is 17.1. The summed E-state index contributed by atoms with van der Waals surface area (Å²) >= 11 is 0. The summed E-state index contributed by atoms with van der Waals surface area (Å²) in [6.07, 6.45) is 0.455. The number of rotatable bonds is 6. The molecule has 0 atom stereocenters. The van der Waals surface area contributed by atoms with E-state index >= 15 is 0 Å². The molecule has 0 radical (unpaired) electrons. The molecule has 7 nitrogen and oxygen atoms in total. The molecule has 1 saturated heterocycles. The number of anilines is 2. The van der Waals surface area contributed by atoms with E-state index in [4.69, 9.17) is 9.47 Å². The van der Waals surface area contributed by atoms with E-state index in [9.17, 15) is 9.59 Å². The first kappa shape index (κ1) is 20.5. The fraction of sp³-hybridized carbons (Fsp3) is 0.364. The first-order valence-corrected chi connectivity index (χ1v) is 9.71. The van der Waals surface area contributed by atoms with Crippen molar-refractivity contribution in [2.24, 2.45) is 0 Å². The van der Waals surface area contributed by atoms with Gasteiger partial charge in [-0.2, -0.15) is 0 Å². The molecule has 2 aromatic rings. The van der Waals surface area contributed by atoms with Crippen molar-refractivity contribution in [1.29, 1.82) is 0 Å². The van der Waals surface area contributed by atoms with Crippen molar-refractivity contribution in [3.05, 3.63) is 48.0 Å². The molecule has 0 aromatic heterocycles. The second-order valence-electron chi connectivity index (χ2n) is 6.83. The number of piperazine rings is 1. The van der Waals surface area contributed by atoms with Crippen LogP contribution >= 0.6 is 0 Å². The monoisotopic (exact) mass is 397 g/mol. The highest BCUT2D eigenvalue weighted by molar-refractivity contribution is 5.95. The Morgan fingerprint density at radius 1 is 0.931 bits per heavy atom. The minimum absolute atomic E-state index is 0.000880. The van der Waals surface area contributed by atoms with E-state index in [0.29, 0.717) is 36.6 Å². The number of nitrogens with one attached hydrogen (secondary N) is 1. The first-order valence-electron chi connectivity index (χ1n) is 9.71. The van der Waals surface area contributed by atoms with Crippen molar-refractivity contribution < 1.29 is 19.1 Å². The van der Waals surface area contributed by atoms with Crippen molar-refractivity contribution in [2.75, 3.05) is 50.6 Å². The summed E-state index contributed by atoms with van der Waals surface area (Å²) in [5.41, 5.74) is 2.43. The number of hydrogen-bond donors (Lipinski definition) is 1. The molecule has 0 saturated carbocycles. The van der Waals surface area contributed by atoms with Gasteiger partial charge in [-0.05, 0) is 36.4 Å². The van der Waals surface area contributed by atoms with Crippen LogP contribution in [-0.4, -0.2) is 57.1 Å². The van der Waals surface area contributed by atoms with Crippen molar-refractivity contribution in [3.63, 3.8) is 0 Å². The molecule has 1 heterocycles. The highest BCUT2D eigenvalue weighted by Gasteiger charge is 2.23. The van der Waals surface area contributed by atoms with E-state index in [1.54, 1.807) is 32.4 Å². The Balaban J connectivity index is 1.61. The zero-order chi connectivity index (χ0) is 20.8. The van der Waals surface area contributed by atoms with Crippen LogP contribution in [-0.2, 0) is 4.79 Å². The van der Waals surface area contributed by atoms with Crippen molar-refractivity contribution >= 4 is 23.2 Å². The number of benzene rings is 2. The molecule has 2 amide bonds. The quantitative estimate of drug-likeness (QED) is 0.811. The van der Waals surface area contributed by atoms with Gasteiger partial charge in [-0.15, -0.1) is 0 Å². The molecule has 1 N–H and O–H groups in total. The van der Waals surface area contributed by atoms with Crippen molar-refractivity contribution in [2.45, 2.75) is 13.3 Å². The maximum Gasteiger partial charge on any atom is 0.254 e. The third-order valence-corrected chi connectivity index (χ3v) is 5.00. The van der Waals surface area contributed by atoms with Gasteiger partial charge in [0.25, 0.3) is 5.91 Å². The summed E-state index contributed by atoms with van der Waals surface area (Å²) < 4.78 is 10.5. The highest BCUT2D eigenvalue weighted by atomic mass is 16.5. The molecule has 0 spiro atoms. The molecule has 3 rings (SSSR count). The smallest absolute Gasteiger partial charge is 0.254 e. The van der Waals surface area contributed by atoms with Crippen molar-refractivity contribution in [3.8, 4) is 11.5 Å². The van der Waals surface area contributed by atoms with Gasteiger partial charge in [-0.3, -0.25) is 9.59 Å². The fourth-order valence-electron chi connectivity index (χ4n) is 3.29. The van der Waals surface area contributed by atoms with Gasteiger partial charge >= 0.3 is 0 Å². The predicted octanol–water partition coefficient (Wildman–Crippen LogP) is 3.01. The predicted molar refractivity (Wildman–Crippen MR) is 113 cm³/mol. The van der Waals surface area contributed by atoms with Crippen molar-refractivity contribution in [1.82, 2.24) is 4.90 Å². The van der Waals surface area contributed by atoms with Gasteiger partial charge in [0.2, 0.25) is 5.91 Å². The van der Waals surface area contributed by atoms with Crippen LogP contribution in [0.4, 0.5) is 11.4 Å². The minimum Gasteiger partial charge on any atom is -0.497 e. The summed E-state index contributed by atoms with van der Waals surface area (Å²) in [5, 5.41) is 2.85. The summed E-state index contributed by atoms with van der Waals surface area (Å²) in [6.45, 7) is 4.58. The number of ether oxygens (including phenoxy) is 2. The lowest BCUT2D eigenvalue weighted by molar-refractivity contribution is -0.115. The van der Waals surface area contributed by atoms with Gasteiger partial charge in [0, 0.05) is 55.6 Å². The molecule has 1 fully saturated rings. The highest BCUT2D eigenvalue weighted by Crippen LogP contribution is 2.25. The Hall–Kier alpha value is -3.22. The average molecular weight is 397 g/mol. The van der Waals surface area contributed by atoms with E-state index in [-0.39, 0.29) is 11.8 Å². The molecular weight excluding hydrogens is 370 g/mol. The molecule has 7 heteroatoms. The summed E-state index contributed by atoms with van der Waals surface area (Å²) in [4.78, 5) is 28.5. The van der Waals surface area contributed by atoms with Gasteiger partial charge < -0.3 is 24.6 Å². The van der Waals surface area contributed by atoms with Gasteiger partial charge in [0.15, 0.2) is 0 Å². The second kappa shape index (κ2) is 9.32. The Morgan fingerprint density at radius 3 is 2.03 bits per heavy atom. The van der Waals surface area contributed by atoms with E-state index in [2.05, 4.69) is 10.2 Å². The molecular formula is C22H27N3O4. The van der Waals surface area contributed by atoms with Gasteiger partial charge in [-0.25, -0.2) is 0 Å². The molecule has 0 bridgehead atoms. The molecule has 29 heavy (non-hydrogen) atoms. The third kappa shape index (κ3) is 4.99. The SMILES string of the molecule is CCC(=O)Nc1ccc(N2CCN(C(=O)c3cc(OC)cc(OC)c3)CC2)cc1. The first-order chi connectivity index (χ1) is 14.0. The standard InChI is InChI=1S/C22H27N3O4/c1-4-21(26)23-17-5-7-18(8-6-17)24-9-11-25(12-10-24)22(27)16-13-19(28-2)15-20(14-16)29-3/h5-8,13-15H,4,9-12H2,1-3H3,(H,23,26). The largest absolute Gasteiger partial charge is 0.497 e. The van der Waals surface area contributed by atoms with Gasteiger partial charge in [-0.1, -0.05) is 6.92 Å². The number of amides is 2. The van der Waals surface area contributed by atoms with E-state index in [1.807, 2.05) is 36.1 Å². The lowest BCUT2D eigenvalue weighted by atomic mass is 10.1. The number of methoxy groups -OCH3 is 2. The third-order valence-electron chi connectivity index (χ3n) is 5.00. The zero-order valence-corrected chi connectivity index (χ0v) is 17.1. The number of hydrogen-bond acceptors (Lipinski definition) is 5. The van der Waals surface area contributed by atoms with Crippen LogP contribution in [0.25, 0.3) is 0 Å². The molecule has 2 aromatic carbocycles. The maximum absolute atomic E-state index is 12.9. The van der Waals surface area contributed by atoms with Crippen LogP contribution in [0.5, 0.6) is 11.5 Å². The Morgan fingerprint density at radius 2 is 1.52 bits per heavy atom. The van der Waals surface area contributed by atoms with Crippen LogP contribution in [0.1, 0.15) is 23.7 Å². The fourth-order valence-corrected chi connectivity index (χ4v) is 3.29. The maximum atomic E-state index is 12.9. The number of carbonyl (C=O) groups excluding carboxylic acids is 2. The normalized spacial score (nSPS) is 13.8. The molecule has 1 aliphatic heterocycles. The molecule has 0 unspecified atom stereocenters. The number of carbonyl (C=O) groups is 2. The summed E-state index contributed by atoms with van der Waals surface area (Å²) in [7, 11) is 3.14. The number of nitrogens with zero attached hydrogens (tertiary/aromatic N) is 2. The summed E-state index contributed by atoms with van der Waals surface area (Å²) in [6, 6.07) is 13.0. The Bertz CT molecular complexity index is 837. The van der Waals surface area contributed by atoms with Crippen LogP contribution in [0.15, 0.2) is 42.5 Å². The van der Waals surface area contributed by atoms with Crippen LogP contribution in [0.2, 0.25) is 0 Å². The van der Waals surface area contributed by atoms with E-state index in [1.165, 1.54) is 0 Å². The Kier molecular flexibility index (Phi) is 6.59. The topological polar surface area (TPSA) is 71.1 Å². The Labute approximate surface area is 171 Å². The lowest BCUT2D eigenvalue weighted by Gasteiger charge is -2.36. The van der Waals surface area contributed by atoms with Gasteiger partial charge in [0.1, 0.15) is 11.5 Å². The van der Waals surface area contributed by atoms with E-state index < -0.39 is 0 Å². The molecule has 154 valence electrons.